The second-order valence-electron chi connectivity index (χ2n) is 5.95. The Bertz CT molecular complexity index is 372. The number of carboxylic acid groups (broad SMARTS) is 1. The molecule has 0 aromatic heterocycles. The Balaban J connectivity index is 1.90. The molecular formula is C14H24N2O4. The summed E-state index contributed by atoms with van der Waals surface area (Å²) >= 11 is 0. The van der Waals surface area contributed by atoms with Gasteiger partial charge in [-0.2, -0.15) is 0 Å². The van der Waals surface area contributed by atoms with Crippen molar-refractivity contribution in [1.82, 2.24) is 9.80 Å². The lowest BCUT2D eigenvalue weighted by Crippen LogP contribution is -2.52. The third kappa shape index (κ3) is 3.70. The Hall–Kier alpha value is -1.14. The molecular weight excluding hydrogens is 260 g/mol. The standard InChI is InChI=1S/C14H24N2O4/c1-10(2)15-5-6-20-12(8-15)9-16-7-11(14(18)19)3-4-13(16)17/h10-12H,3-9H2,1-2H3,(H,18,19). The van der Waals surface area contributed by atoms with Crippen LogP contribution in [0.2, 0.25) is 0 Å². The monoisotopic (exact) mass is 284 g/mol. The van der Waals surface area contributed by atoms with Crippen molar-refractivity contribution in [2.24, 2.45) is 5.92 Å². The molecule has 2 unspecified atom stereocenters. The first-order valence-corrected chi connectivity index (χ1v) is 7.33. The summed E-state index contributed by atoms with van der Waals surface area (Å²) in [4.78, 5) is 27.0. The van der Waals surface area contributed by atoms with Crippen molar-refractivity contribution in [3.05, 3.63) is 0 Å². The van der Waals surface area contributed by atoms with E-state index in [1.54, 1.807) is 4.90 Å². The summed E-state index contributed by atoms with van der Waals surface area (Å²) in [5, 5.41) is 9.09. The predicted molar refractivity (Wildman–Crippen MR) is 73.4 cm³/mol. The van der Waals surface area contributed by atoms with Crippen LogP contribution < -0.4 is 0 Å². The zero-order valence-corrected chi connectivity index (χ0v) is 12.2. The molecule has 2 aliphatic heterocycles. The molecule has 1 amide bonds. The van der Waals surface area contributed by atoms with Crippen LogP contribution in [0, 0.1) is 5.92 Å². The fourth-order valence-electron chi connectivity index (χ4n) is 2.86. The first kappa shape index (κ1) is 15.3. The van der Waals surface area contributed by atoms with Crippen LogP contribution >= 0.6 is 0 Å². The minimum Gasteiger partial charge on any atom is -0.481 e. The van der Waals surface area contributed by atoms with Gasteiger partial charge >= 0.3 is 5.97 Å². The summed E-state index contributed by atoms with van der Waals surface area (Å²) in [6.07, 6.45) is 0.772. The fourth-order valence-corrected chi connectivity index (χ4v) is 2.86. The van der Waals surface area contributed by atoms with Crippen molar-refractivity contribution < 1.29 is 19.4 Å². The van der Waals surface area contributed by atoms with Crippen LogP contribution in [0.3, 0.4) is 0 Å². The van der Waals surface area contributed by atoms with E-state index in [-0.39, 0.29) is 12.0 Å². The van der Waals surface area contributed by atoms with Crippen molar-refractivity contribution >= 4 is 11.9 Å². The highest BCUT2D eigenvalue weighted by Crippen LogP contribution is 2.19. The summed E-state index contributed by atoms with van der Waals surface area (Å²) in [7, 11) is 0. The number of rotatable bonds is 4. The third-order valence-electron chi connectivity index (χ3n) is 4.17. The Morgan fingerprint density at radius 3 is 2.85 bits per heavy atom. The lowest BCUT2D eigenvalue weighted by molar-refractivity contribution is -0.149. The van der Waals surface area contributed by atoms with Gasteiger partial charge in [-0.25, -0.2) is 0 Å². The summed E-state index contributed by atoms with van der Waals surface area (Å²) in [6, 6.07) is 0.463. The molecule has 114 valence electrons. The van der Waals surface area contributed by atoms with Gasteiger partial charge in [0.15, 0.2) is 0 Å². The van der Waals surface area contributed by atoms with E-state index < -0.39 is 11.9 Å². The smallest absolute Gasteiger partial charge is 0.308 e. The SMILES string of the molecule is CC(C)N1CCOC(CN2CC(C(=O)O)CCC2=O)C1. The number of morpholine rings is 1. The molecule has 0 saturated carbocycles. The first-order chi connectivity index (χ1) is 9.47. The second kappa shape index (κ2) is 6.54. The van der Waals surface area contributed by atoms with Gasteiger partial charge in [0.25, 0.3) is 0 Å². The molecule has 6 nitrogen and oxygen atoms in total. The molecule has 0 bridgehead atoms. The van der Waals surface area contributed by atoms with E-state index >= 15 is 0 Å². The van der Waals surface area contributed by atoms with E-state index in [0.29, 0.717) is 38.6 Å². The zero-order chi connectivity index (χ0) is 14.7. The minimum absolute atomic E-state index is 0.0114. The van der Waals surface area contributed by atoms with Gasteiger partial charge < -0.3 is 14.7 Å². The first-order valence-electron chi connectivity index (χ1n) is 7.33. The number of ether oxygens (including phenoxy) is 1. The maximum Gasteiger partial charge on any atom is 0.308 e. The molecule has 0 radical (unpaired) electrons. The quantitative estimate of drug-likeness (QED) is 0.810. The highest BCUT2D eigenvalue weighted by atomic mass is 16.5. The van der Waals surface area contributed by atoms with E-state index in [1.807, 2.05) is 0 Å². The van der Waals surface area contributed by atoms with E-state index in [1.165, 1.54) is 0 Å². The van der Waals surface area contributed by atoms with Gasteiger partial charge in [0.1, 0.15) is 0 Å². The lowest BCUT2D eigenvalue weighted by atomic mass is 9.97. The van der Waals surface area contributed by atoms with Crippen molar-refractivity contribution in [3.63, 3.8) is 0 Å². The van der Waals surface area contributed by atoms with Crippen molar-refractivity contribution in [1.29, 1.82) is 0 Å². The Morgan fingerprint density at radius 1 is 1.45 bits per heavy atom. The lowest BCUT2D eigenvalue weighted by Gasteiger charge is -2.39. The van der Waals surface area contributed by atoms with Crippen molar-refractivity contribution in [2.75, 3.05) is 32.8 Å². The molecule has 2 aliphatic rings. The minimum atomic E-state index is -0.809. The molecule has 0 spiro atoms. The molecule has 2 fully saturated rings. The topological polar surface area (TPSA) is 70.1 Å². The number of carboxylic acids is 1. The number of carbonyl (C=O) groups excluding carboxylic acids is 1. The van der Waals surface area contributed by atoms with Crippen LogP contribution in [0.5, 0.6) is 0 Å². The Labute approximate surface area is 119 Å². The highest BCUT2D eigenvalue weighted by molar-refractivity contribution is 5.80. The fraction of sp³-hybridized carbons (Fsp3) is 0.857. The zero-order valence-electron chi connectivity index (χ0n) is 12.2. The summed E-state index contributed by atoms with van der Waals surface area (Å²) in [6.45, 7) is 7.51. The van der Waals surface area contributed by atoms with Crippen LogP contribution in [-0.2, 0) is 14.3 Å². The average Bonchev–Trinajstić information content (AvgIpc) is 2.41. The van der Waals surface area contributed by atoms with Gasteiger partial charge in [-0.3, -0.25) is 14.5 Å². The molecule has 2 saturated heterocycles. The molecule has 2 heterocycles. The second-order valence-corrected chi connectivity index (χ2v) is 5.95. The average molecular weight is 284 g/mol. The maximum absolute atomic E-state index is 11.9. The normalized spacial score (nSPS) is 28.9. The number of hydrogen-bond donors (Lipinski definition) is 1. The van der Waals surface area contributed by atoms with Crippen LogP contribution in [0.4, 0.5) is 0 Å². The highest BCUT2D eigenvalue weighted by Gasteiger charge is 2.32. The number of hydrogen-bond acceptors (Lipinski definition) is 4. The van der Waals surface area contributed by atoms with E-state index in [0.717, 1.165) is 13.1 Å². The number of nitrogens with zero attached hydrogens (tertiary/aromatic N) is 2. The Morgan fingerprint density at radius 2 is 2.20 bits per heavy atom. The molecule has 20 heavy (non-hydrogen) atoms. The van der Waals surface area contributed by atoms with Gasteiger partial charge in [-0.05, 0) is 20.3 Å². The van der Waals surface area contributed by atoms with Gasteiger partial charge in [0, 0.05) is 38.6 Å². The van der Waals surface area contributed by atoms with Gasteiger partial charge in [0.2, 0.25) is 5.91 Å². The van der Waals surface area contributed by atoms with Crippen molar-refractivity contribution in [3.8, 4) is 0 Å². The molecule has 6 heteroatoms. The maximum atomic E-state index is 11.9. The van der Waals surface area contributed by atoms with Crippen LogP contribution in [0.1, 0.15) is 26.7 Å². The third-order valence-corrected chi connectivity index (χ3v) is 4.17. The van der Waals surface area contributed by atoms with Crippen LogP contribution in [-0.4, -0.2) is 71.7 Å². The molecule has 2 rings (SSSR count). The summed E-state index contributed by atoms with van der Waals surface area (Å²) in [5.74, 6) is -1.19. The van der Waals surface area contributed by atoms with Crippen LogP contribution in [0.25, 0.3) is 0 Å². The number of piperidine rings is 1. The number of amides is 1. The molecule has 2 atom stereocenters. The largest absolute Gasteiger partial charge is 0.481 e. The predicted octanol–water partition coefficient (Wildman–Crippen LogP) is 0.419. The van der Waals surface area contributed by atoms with Crippen molar-refractivity contribution in [2.45, 2.75) is 38.8 Å². The Kier molecular flexibility index (Phi) is 4.99. The van der Waals surface area contributed by atoms with Crippen LogP contribution in [0.15, 0.2) is 0 Å². The van der Waals surface area contributed by atoms with E-state index in [2.05, 4.69) is 18.7 Å². The molecule has 0 aliphatic carbocycles. The number of carbonyl (C=O) groups is 2. The molecule has 0 aromatic carbocycles. The summed E-state index contributed by atoms with van der Waals surface area (Å²) < 4.78 is 5.72. The molecule has 1 N–H and O–H groups in total. The van der Waals surface area contributed by atoms with E-state index in [9.17, 15) is 9.59 Å². The number of likely N-dealkylation sites (tertiary alicyclic amines) is 1. The van der Waals surface area contributed by atoms with E-state index in [4.69, 9.17) is 9.84 Å². The van der Waals surface area contributed by atoms with Gasteiger partial charge in [0.05, 0.1) is 18.6 Å². The number of aliphatic carboxylic acids is 1. The summed E-state index contributed by atoms with van der Waals surface area (Å²) in [5.41, 5.74) is 0. The van der Waals surface area contributed by atoms with Gasteiger partial charge in [-0.15, -0.1) is 0 Å². The van der Waals surface area contributed by atoms with Gasteiger partial charge in [-0.1, -0.05) is 0 Å². The molecule has 0 aromatic rings.